The Morgan fingerprint density at radius 2 is 2.05 bits per heavy atom. The lowest BCUT2D eigenvalue weighted by Gasteiger charge is -2.09. The summed E-state index contributed by atoms with van der Waals surface area (Å²) >= 11 is 0. The van der Waals surface area contributed by atoms with Crippen molar-refractivity contribution in [2.75, 3.05) is 18.1 Å². The molecular weight excluding hydrogens is 288 g/mol. The molecule has 0 radical (unpaired) electrons. The average Bonchev–Trinajstić information content (AvgIpc) is 2.64. The topological polar surface area (TPSA) is 76.9 Å². The van der Waals surface area contributed by atoms with Gasteiger partial charge in [0.15, 0.2) is 9.84 Å². The third-order valence-corrected chi connectivity index (χ3v) is 4.62. The van der Waals surface area contributed by atoms with E-state index in [4.69, 9.17) is 0 Å². The predicted molar refractivity (Wildman–Crippen MR) is 82.2 cm³/mol. The molecule has 2 aromatic rings. The second-order valence-corrected chi connectivity index (χ2v) is 7.06. The number of pyridine rings is 1. The third kappa shape index (κ3) is 3.41. The first-order valence-corrected chi connectivity index (χ1v) is 8.58. The molecule has 6 nitrogen and oxygen atoms in total. The van der Waals surface area contributed by atoms with Gasteiger partial charge in [-0.05, 0) is 38.0 Å². The molecule has 0 fully saturated rings. The average molecular weight is 308 g/mol. The fourth-order valence-corrected chi connectivity index (χ4v) is 3.11. The van der Waals surface area contributed by atoms with Gasteiger partial charge in [-0.1, -0.05) is 0 Å². The van der Waals surface area contributed by atoms with Gasteiger partial charge in [-0.3, -0.25) is 4.68 Å². The van der Waals surface area contributed by atoms with Gasteiger partial charge in [0.05, 0.1) is 5.69 Å². The van der Waals surface area contributed by atoms with Gasteiger partial charge in [0.25, 0.3) is 0 Å². The van der Waals surface area contributed by atoms with Crippen molar-refractivity contribution in [1.29, 1.82) is 0 Å². The Labute approximate surface area is 125 Å². The van der Waals surface area contributed by atoms with Crippen molar-refractivity contribution in [1.82, 2.24) is 14.8 Å². The smallest absolute Gasteiger partial charge is 0.179 e. The summed E-state index contributed by atoms with van der Waals surface area (Å²) in [5.41, 5.74) is 3.31. The molecule has 21 heavy (non-hydrogen) atoms. The standard InChI is InChI=1S/C14H20N4O2S/c1-10-12(11(2)18(3)17-10)7-9-16-14-13(21(4,19)20)6-5-8-15-14/h5-6,8H,7,9H2,1-4H3,(H,15,16). The summed E-state index contributed by atoms with van der Waals surface area (Å²) < 4.78 is 25.3. The summed E-state index contributed by atoms with van der Waals surface area (Å²) in [5.74, 6) is 0.402. The van der Waals surface area contributed by atoms with E-state index in [1.54, 1.807) is 18.3 Å². The Bertz CT molecular complexity index is 750. The van der Waals surface area contributed by atoms with Crippen LogP contribution in [0.5, 0.6) is 0 Å². The quantitative estimate of drug-likeness (QED) is 0.905. The maximum atomic E-state index is 11.7. The lowest BCUT2D eigenvalue weighted by atomic mass is 10.1. The van der Waals surface area contributed by atoms with E-state index < -0.39 is 9.84 Å². The number of rotatable bonds is 5. The van der Waals surface area contributed by atoms with E-state index >= 15 is 0 Å². The highest BCUT2D eigenvalue weighted by Gasteiger charge is 2.14. The van der Waals surface area contributed by atoms with Crippen LogP contribution in [-0.2, 0) is 23.3 Å². The van der Waals surface area contributed by atoms with Crippen molar-refractivity contribution in [2.45, 2.75) is 25.2 Å². The van der Waals surface area contributed by atoms with E-state index in [1.165, 1.54) is 11.8 Å². The molecule has 114 valence electrons. The second kappa shape index (κ2) is 5.85. The van der Waals surface area contributed by atoms with E-state index in [0.717, 1.165) is 17.8 Å². The summed E-state index contributed by atoms with van der Waals surface area (Å²) in [4.78, 5) is 4.34. The molecule has 0 aliphatic carbocycles. The molecule has 0 aliphatic heterocycles. The van der Waals surface area contributed by atoms with Gasteiger partial charge in [0.1, 0.15) is 10.7 Å². The van der Waals surface area contributed by atoms with Crippen LogP contribution in [0.25, 0.3) is 0 Å². The maximum absolute atomic E-state index is 11.7. The van der Waals surface area contributed by atoms with Gasteiger partial charge in [-0.15, -0.1) is 0 Å². The Kier molecular flexibility index (Phi) is 4.32. The van der Waals surface area contributed by atoms with Crippen molar-refractivity contribution in [3.63, 3.8) is 0 Å². The summed E-state index contributed by atoms with van der Waals surface area (Å²) in [5, 5.41) is 7.48. The lowest BCUT2D eigenvalue weighted by Crippen LogP contribution is -2.11. The minimum Gasteiger partial charge on any atom is -0.369 e. The zero-order valence-corrected chi connectivity index (χ0v) is 13.5. The van der Waals surface area contributed by atoms with Crippen LogP contribution in [0, 0.1) is 13.8 Å². The summed E-state index contributed by atoms with van der Waals surface area (Å²) in [6.45, 7) is 4.61. The van der Waals surface area contributed by atoms with Crippen LogP contribution in [-0.4, -0.2) is 36.0 Å². The monoisotopic (exact) mass is 308 g/mol. The molecule has 0 amide bonds. The fraction of sp³-hybridized carbons (Fsp3) is 0.429. The van der Waals surface area contributed by atoms with E-state index in [0.29, 0.717) is 12.4 Å². The number of hydrogen-bond acceptors (Lipinski definition) is 5. The Morgan fingerprint density at radius 3 is 2.62 bits per heavy atom. The van der Waals surface area contributed by atoms with Crippen LogP contribution >= 0.6 is 0 Å². The SMILES string of the molecule is Cc1nn(C)c(C)c1CCNc1ncccc1S(C)(=O)=O. The van der Waals surface area contributed by atoms with Crippen molar-refractivity contribution in [2.24, 2.45) is 7.05 Å². The molecule has 0 spiro atoms. The Balaban J connectivity index is 2.11. The normalized spacial score (nSPS) is 11.6. The molecule has 2 heterocycles. The zero-order valence-electron chi connectivity index (χ0n) is 12.7. The number of hydrogen-bond donors (Lipinski definition) is 1. The van der Waals surface area contributed by atoms with Crippen molar-refractivity contribution >= 4 is 15.7 Å². The highest BCUT2D eigenvalue weighted by molar-refractivity contribution is 7.90. The second-order valence-electron chi connectivity index (χ2n) is 5.07. The van der Waals surface area contributed by atoms with Gasteiger partial charge in [-0.25, -0.2) is 13.4 Å². The third-order valence-electron chi connectivity index (χ3n) is 3.50. The summed E-state index contributed by atoms with van der Waals surface area (Å²) in [7, 11) is -1.37. The highest BCUT2D eigenvalue weighted by atomic mass is 32.2. The number of nitrogens with zero attached hydrogens (tertiary/aromatic N) is 3. The first-order valence-electron chi connectivity index (χ1n) is 6.68. The molecule has 2 aromatic heterocycles. The first kappa shape index (κ1) is 15.5. The van der Waals surface area contributed by atoms with Crippen molar-refractivity contribution < 1.29 is 8.42 Å². The fourth-order valence-electron chi connectivity index (χ4n) is 2.31. The molecule has 0 saturated heterocycles. The summed E-state index contributed by atoms with van der Waals surface area (Å²) in [6, 6.07) is 3.18. The van der Waals surface area contributed by atoms with Crippen LogP contribution in [0.2, 0.25) is 0 Å². The highest BCUT2D eigenvalue weighted by Crippen LogP contribution is 2.18. The van der Waals surface area contributed by atoms with Crippen LogP contribution in [0.1, 0.15) is 17.0 Å². The molecule has 2 rings (SSSR count). The molecule has 0 saturated carbocycles. The molecule has 0 atom stereocenters. The molecular formula is C14H20N4O2S. The predicted octanol–water partition coefficient (Wildman–Crippen LogP) is 1.49. The van der Waals surface area contributed by atoms with Gasteiger partial charge in [0.2, 0.25) is 0 Å². The number of aryl methyl sites for hydroxylation is 2. The van der Waals surface area contributed by atoms with Crippen LogP contribution < -0.4 is 5.32 Å². The van der Waals surface area contributed by atoms with E-state index in [-0.39, 0.29) is 4.90 Å². The first-order chi connectivity index (χ1) is 9.80. The van der Waals surface area contributed by atoms with Gasteiger partial charge in [-0.2, -0.15) is 5.10 Å². The van der Waals surface area contributed by atoms with Gasteiger partial charge >= 0.3 is 0 Å². The molecule has 0 aromatic carbocycles. The van der Waals surface area contributed by atoms with E-state index in [9.17, 15) is 8.42 Å². The number of aromatic nitrogens is 3. The Hall–Kier alpha value is -1.89. The molecule has 1 N–H and O–H groups in total. The number of sulfone groups is 1. The molecule has 0 bridgehead atoms. The number of anilines is 1. The van der Waals surface area contributed by atoms with Gasteiger partial charge < -0.3 is 5.32 Å². The van der Waals surface area contributed by atoms with E-state index in [2.05, 4.69) is 15.4 Å². The molecule has 7 heteroatoms. The minimum absolute atomic E-state index is 0.227. The van der Waals surface area contributed by atoms with Gasteiger partial charge in [0, 0.05) is 31.7 Å². The van der Waals surface area contributed by atoms with Crippen molar-refractivity contribution in [3.05, 3.63) is 35.3 Å². The Morgan fingerprint density at radius 1 is 1.33 bits per heavy atom. The van der Waals surface area contributed by atoms with Crippen molar-refractivity contribution in [3.8, 4) is 0 Å². The number of nitrogens with one attached hydrogen (secondary N) is 1. The lowest BCUT2D eigenvalue weighted by molar-refractivity contribution is 0.601. The molecule has 0 aliphatic rings. The van der Waals surface area contributed by atoms with E-state index in [1.807, 2.05) is 25.6 Å². The zero-order chi connectivity index (χ0) is 15.6. The molecule has 0 unspecified atom stereocenters. The minimum atomic E-state index is -3.28. The largest absolute Gasteiger partial charge is 0.369 e. The van der Waals surface area contributed by atoms with Crippen LogP contribution in [0.3, 0.4) is 0 Å². The van der Waals surface area contributed by atoms with Crippen LogP contribution in [0.4, 0.5) is 5.82 Å². The maximum Gasteiger partial charge on any atom is 0.179 e. The van der Waals surface area contributed by atoms with Crippen LogP contribution in [0.15, 0.2) is 23.2 Å². The summed E-state index contributed by atoms with van der Waals surface area (Å²) in [6.07, 6.45) is 3.54.